The van der Waals surface area contributed by atoms with E-state index in [0.29, 0.717) is 30.7 Å². The van der Waals surface area contributed by atoms with Crippen molar-refractivity contribution >= 4 is 21.8 Å². The minimum Gasteiger partial charge on any atom is -0.385 e. The molecule has 10 heteroatoms. The first kappa shape index (κ1) is 26.4. The predicted octanol–water partition coefficient (Wildman–Crippen LogP) is 1.94. The Morgan fingerprint density at radius 2 is 1.73 bits per heavy atom. The molecule has 0 fully saturated rings. The number of nitrogens with zero attached hydrogens (tertiary/aromatic N) is 2. The standard InChI is InChI=1S/C23H30FN3O5S/c1-26(33(3,30)31)17-21(28)27(16-18-10-12-20(24)13-11-18)22(19-8-5-4-6-9-19)23(29)25-14-7-15-32-2/h4-6,8-13,22H,7,14-17H2,1-3H3,(H,25,29)/t22-/m0/s1. The second-order valence-corrected chi connectivity index (χ2v) is 9.71. The number of carbonyl (C=O) groups is 2. The highest BCUT2D eigenvalue weighted by Gasteiger charge is 2.32. The third-order valence-electron chi connectivity index (χ3n) is 5.01. The van der Waals surface area contributed by atoms with Crippen LogP contribution >= 0.6 is 0 Å². The number of hydrogen-bond donors (Lipinski definition) is 1. The Morgan fingerprint density at radius 3 is 2.30 bits per heavy atom. The van der Waals surface area contributed by atoms with Gasteiger partial charge in [0.05, 0.1) is 12.8 Å². The van der Waals surface area contributed by atoms with Gasteiger partial charge in [-0.1, -0.05) is 42.5 Å². The predicted molar refractivity (Wildman–Crippen MR) is 123 cm³/mol. The number of carbonyl (C=O) groups excluding carboxylic acids is 2. The molecule has 0 aromatic heterocycles. The Balaban J connectivity index is 2.42. The number of methoxy groups -OCH3 is 1. The topological polar surface area (TPSA) is 96.0 Å². The molecule has 2 aromatic rings. The van der Waals surface area contributed by atoms with Gasteiger partial charge in [0.1, 0.15) is 11.9 Å². The molecule has 180 valence electrons. The number of rotatable bonds is 12. The van der Waals surface area contributed by atoms with Crippen LogP contribution < -0.4 is 5.32 Å². The van der Waals surface area contributed by atoms with E-state index in [4.69, 9.17) is 4.74 Å². The average molecular weight is 480 g/mol. The quantitative estimate of drug-likeness (QED) is 0.470. The molecule has 0 saturated carbocycles. The molecule has 0 aliphatic rings. The Labute approximate surface area is 194 Å². The molecule has 2 rings (SSSR count). The van der Waals surface area contributed by atoms with E-state index in [0.717, 1.165) is 10.6 Å². The molecular formula is C23H30FN3O5S. The molecule has 2 aromatic carbocycles. The molecule has 2 amide bonds. The molecule has 0 spiro atoms. The zero-order valence-electron chi connectivity index (χ0n) is 19.0. The normalized spacial score (nSPS) is 12.4. The summed E-state index contributed by atoms with van der Waals surface area (Å²) in [5.74, 6) is -1.40. The monoisotopic (exact) mass is 479 g/mol. The molecule has 0 aliphatic carbocycles. The maximum atomic E-state index is 13.4. The third-order valence-corrected chi connectivity index (χ3v) is 6.27. The van der Waals surface area contributed by atoms with Crippen molar-refractivity contribution in [3.8, 4) is 0 Å². The van der Waals surface area contributed by atoms with Crippen LogP contribution in [0.4, 0.5) is 4.39 Å². The molecule has 1 atom stereocenters. The lowest BCUT2D eigenvalue weighted by atomic mass is 10.0. The van der Waals surface area contributed by atoms with Crippen LogP contribution in [0.5, 0.6) is 0 Å². The lowest BCUT2D eigenvalue weighted by Crippen LogP contribution is -2.47. The van der Waals surface area contributed by atoms with Crippen LogP contribution in [0, 0.1) is 5.82 Å². The zero-order chi connectivity index (χ0) is 24.4. The van der Waals surface area contributed by atoms with Crippen molar-refractivity contribution in [3.05, 3.63) is 71.5 Å². The molecule has 1 N–H and O–H groups in total. The van der Waals surface area contributed by atoms with Gasteiger partial charge in [0.2, 0.25) is 21.8 Å². The molecule has 0 unspecified atom stereocenters. The second-order valence-electron chi connectivity index (χ2n) is 7.62. The number of nitrogens with one attached hydrogen (secondary N) is 1. The van der Waals surface area contributed by atoms with Crippen LogP contribution in [-0.2, 0) is 30.9 Å². The van der Waals surface area contributed by atoms with Gasteiger partial charge in [-0.05, 0) is 29.7 Å². The lowest BCUT2D eigenvalue weighted by Gasteiger charge is -2.32. The third kappa shape index (κ3) is 8.23. The fourth-order valence-corrected chi connectivity index (χ4v) is 3.49. The molecule has 0 heterocycles. The highest BCUT2D eigenvalue weighted by Crippen LogP contribution is 2.24. The summed E-state index contributed by atoms with van der Waals surface area (Å²) >= 11 is 0. The van der Waals surface area contributed by atoms with Crippen molar-refractivity contribution in [2.75, 3.05) is 40.1 Å². The Morgan fingerprint density at radius 1 is 1.09 bits per heavy atom. The first-order valence-corrected chi connectivity index (χ1v) is 12.2. The highest BCUT2D eigenvalue weighted by molar-refractivity contribution is 7.88. The van der Waals surface area contributed by atoms with Gasteiger partial charge < -0.3 is 15.0 Å². The van der Waals surface area contributed by atoms with E-state index < -0.39 is 40.2 Å². The minimum atomic E-state index is -3.62. The number of benzene rings is 2. The van der Waals surface area contributed by atoms with Crippen molar-refractivity contribution in [2.24, 2.45) is 0 Å². The van der Waals surface area contributed by atoms with E-state index in [2.05, 4.69) is 5.32 Å². The maximum absolute atomic E-state index is 13.4. The molecule has 0 aliphatic heterocycles. The van der Waals surface area contributed by atoms with E-state index in [1.54, 1.807) is 37.4 Å². The van der Waals surface area contributed by atoms with Gasteiger partial charge in [-0.3, -0.25) is 9.59 Å². The summed E-state index contributed by atoms with van der Waals surface area (Å²) in [6, 6.07) is 13.3. The smallest absolute Gasteiger partial charge is 0.247 e. The summed E-state index contributed by atoms with van der Waals surface area (Å²) < 4.78 is 43.1. The zero-order valence-corrected chi connectivity index (χ0v) is 19.8. The summed E-state index contributed by atoms with van der Waals surface area (Å²) in [5.41, 5.74) is 1.17. The first-order valence-electron chi connectivity index (χ1n) is 10.4. The molecule has 33 heavy (non-hydrogen) atoms. The van der Waals surface area contributed by atoms with Crippen LogP contribution in [0.2, 0.25) is 0 Å². The van der Waals surface area contributed by atoms with Gasteiger partial charge in [-0.2, -0.15) is 4.31 Å². The number of amides is 2. The summed E-state index contributed by atoms with van der Waals surface area (Å²) in [4.78, 5) is 27.9. The summed E-state index contributed by atoms with van der Waals surface area (Å²) in [5, 5.41) is 2.83. The Hall–Kier alpha value is -2.82. The van der Waals surface area contributed by atoms with Gasteiger partial charge >= 0.3 is 0 Å². The van der Waals surface area contributed by atoms with E-state index in [1.165, 1.54) is 36.2 Å². The van der Waals surface area contributed by atoms with E-state index in [-0.39, 0.29) is 6.54 Å². The summed E-state index contributed by atoms with van der Waals surface area (Å²) in [6.07, 6.45) is 1.59. The van der Waals surface area contributed by atoms with Crippen LogP contribution in [-0.4, -0.2) is 69.5 Å². The van der Waals surface area contributed by atoms with Crippen molar-refractivity contribution in [2.45, 2.75) is 19.0 Å². The van der Waals surface area contributed by atoms with E-state index >= 15 is 0 Å². The van der Waals surface area contributed by atoms with Gasteiger partial charge in [-0.15, -0.1) is 0 Å². The Bertz CT molecular complexity index is 1020. The average Bonchev–Trinajstić information content (AvgIpc) is 2.77. The van der Waals surface area contributed by atoms with Crippen molar-refractivity contribution in [3.63, 3.8) is 0 Å². The summed E-state index contributed by atoms with van der Waals surface area (Å²) in [7, 11) is -0.756. The first-order chi connectivity index (χ1) is 15.6. The van der Waals surface area contributed by atoms with E-state index in [9.17, 15) is 22.4 Å². The largest absolute Gasteiger partial charge is 0.385 e. The molecule has 0 bridgehead atoms. The number of ether oxygens (including phenoxy) is 1. The molecule has 0 radical (unpaired) electrons. The SMILES string of the molecule is COCCCNC(=O)[C@H](c1ccccc1)N(Cc1ccc(F)cc1)C(=O)CN(C)S(C)(=O)=O. The van der Waals surface area contributed by atoms with Gasteiger partial charge in [-0.25, -0.2) is 12.8 Å². The van der Waals surface area contributed by atoms with Gasteiger partial charge in [0.25, 0.3) is 0 Å². The number of hydrogen-bond acceptors (Lipinski definition) is 5. The van der Waals surface area contributed by atoms with Gasteiger partial charge in [0, 0.05) is 33.9 Å². The number of halogens is 1. The highest BCUT2D eigenvalue weighted by atomic mass is 32.2. The van der Waals surface area contributed by atoms with Crippen molar-refractivity contribution < 1.29 is 27.1 Å². The maximum Gasteiger partial charge on any atom is 0.247 e. The molecule has 0 saturated heterocycles. The lowest BCUT2D eigenvalue weighted by molar-refractivity contribution is -0.141. The van der Waals surface area contributed by atoms with Crippen LogP contribution in [0.15, 0.2) is 54.6 Å². The minimum absolute atomic E-state index is 0.0121. The fraction of sp³-hybridized carbons (Fsp3) is 0.391. The van der Waals surface area contributed by atoms with Crippen molar-refractivity contribution in [1.29, 1.82) is 0 Å². The Kier molecular flexibility index (Phi) is 9.95. The second kappa shape index (κ2) is 12.4. The van der Waals surface area contributed by atoms with Crippen LogP contribution in [0.3, 0.4) is 0 Å². The fourth-order valence-electron chi connectivity index (χ4n) is 3.14. The molecular weight excluding hydrogens is 449 g/mol. The molecule has 8 nitrogen and oxygen atoms in total. The number of sulfonamides is 1. The number of likely N-dealkylation sites (N-methyl/N-ethyl adjacent to an activating group) is 1. The van der Waals surface area contributed by atoms with E-state index in [1.807, 2.05) is 0 Å². The van der Waals surface area contributed by atoms with Crippen LogP contribution in [0.1, 0.15) is 23.6 Å². The van der Waals surface area contributed by atoms with Crippen LogP contribution in [0.25, 0.3) is 0 Å². The van der Waals surface area contributed by atoms with Gasteiger partial charge in [0.15, 0.2) is 0 Å². The van der Waals surface area contributed by atoms with Crippen molar-refractivity contribution in [1.82, 2.24) is 14.5 Å². The summed E-state index contributed by atoms with van der Waals surface area (Å²) in [6.45, 7) is 0.355.